The number of carbonyl (C=O) groups excluding carboxylic acids is 1. The van der Waals surface area contributed by atoms with E-state index in [1.54, 1.807) is 7.11 Å². The third-order valence-electron chi connectivity index (χ3n) is 4.38. The molecule has 2 atom stereocenters. The molecule has 0 bridgehead atoms. The monoisotopic (exact) mass is 313 g/mol. The lowest BCUT2D eigenvalue weighted by molar-refractivity contribution is -0.144. The van der Waals surface area contributed by atoms with E-state index in [1.807, 2.05) is 59.2 Å². The number of likely N-dealkylation sites (tertiary alicyclic amines) is 1. The fourth-order valence-electron chi connectivity index (χ4n) is 3.18. The molecule has 0 saturated carbocycles. The van der Waals surface area contributed by atoms with E-state index >= 15 is 0 Å². The van der Waals surface area contributed by atoms with Gasteiger partial charge in [-0.25, -0.2) is 0 Å². The van der Waals surface area contributed by atoms with Crippen molar-refractivity contribution in [3.63, 3.8) is 0 Å². The first-order valence-electron chi connectivity index (χ1n) is 8.06. The molecule has 23 heavy (non-hydrogen) atoms. The van der Waals surface area contributed by atoms with Crippen molar-refractivity contribution >= 4 is 5.91 Å². The van der Waals surface area contributed by atoms with Crippen LogP contribution >= 0.6 is 0 Å². The van der Waals surface area contributed by atoms with Crippen LogP contribution in [0.4, 0.5) is 0 Å². The van der Waals surface area contributed by atoms with Gasteiger partial charge < -0.3 is 9.64 Å². The Kier molecular flexibility index (Phi) is 4.76. The highest BCUT2D eigenvalue weighted by molar-refractivity contribution is 5.82. The third-order valence-corrected chi connectivity index (χ3v) is 4.38. The molecule has 1 aromatic heterocycles. The fourth-order valence-corrected chi connectivity index (χ4v) is 3.18. The molecule has 0 spiro atoms. The van der Waals surface area contributed by atoms with Crippen LogP contribution in [0, 0.1) is 6.92 Å². The summed E-state index contributed by atoms with van der Waals surface area (Å²) in [6.07, 6.45) is 5.41. The summed E-state index contributed by atoms with van der Waals surface area (Å²) in [5.41, 5.74) is 2.05. The Bertz CT molecular complexity index is 653. The number of piperidine rings is 1. The number of carbonyl (C=O) groups is 1. The molecule has 1 fully saturated rings. The molecule has 122 valence electrons. The Morgan fingerprint density at radius 2 is 2.13 bits per heavy atom. The number of benzene rings is 1. The summed E-state index contributed by atoms with van der Waals surface area (Å²) < 4.78 is 7.47. The minimum Gasteiger partial charge on any atom is -0.367 e. The highest BCUT2D eigenvalue weighted by Gasteiger charge is 2.30. The second-order valence-corrected chi connectivity index (χ2v) is 6.10. The summed E-state index contributed by atoms with van der Waals surface area (Å²) >= 11 is 0. The van der Waals surface area contributed by atoms with E-state index < -0.39 is 6.10 Å². The zero-order valence-electron chi connectivity index (χ0n) is 13.7. The Hall–Kier alpha value is -2.14. The first-order chi connectivity index (χ1) is 11.2. The van der Waals surface area contributed by atoms with Gasteiger partial charge in [-0.2, -0.15) is 5.10 Å². The van der Waals surface area contributed by atoms with Gasteiger partial charge in [-0.05, 0) is 30.9 Å². The molecule has 5 heteroatoms. The summed E-state index contributed by atoms with van der Waals surface area (Å²) in [5, 5.41) is 4.40. The van der Waals surface area contributed by atoms with Gasteiger partial charge in [0.05, 0.1) is 12.2 Å². The molecule has 0 N–H and O–H groups in total. The van der Waals surface area contributed by atoms with Crippen LogP contribution in [0.5, 0.6) is 0 Å². The maximum atomic E-state index is 12.9. The molecule has 1 saturated heterocycles. The Morgan fingerprint density at radius 1 is 1.35 bits per heavy atom. The number of hydrogen-bond donors (Lipinski definition) is 0. The Morgan fingerprint density at radius 3 is 2.78 bits per heavy atom. The fraction of sp³-hybridized carbons (Fsp3) is 0.444. The van der Waals surface area contributed by atoms with E-state index in [4.69, 9.17) is 4.74 Å². The van der Waals surface area contributed by atoms with Gasteiger partial charge in [-0.3, -0.25) is 9.48 Å². The van der Waals surface area contributed by atoms with Gasteiger partial charge in [-0.1, -0.05) is 30.3 Å². The molecule has 1 aromatic carbocycles. The van der Waals surface area contributed by atoms with Crippen molar-refractivity contribution < 1.29 is 9.53 Å². The number of rotatable bonds is 4. The molecule has 1 aliphatic rings. The van der Waals surface area contributed by atoms with E-state index in [1.165, 1.54) is 0 Å². The van der Waals surface area contributed by atoms with Crippen LogP contribution in [-0.4, -0.2) is 40.8 Å². The Balaban J connectivity index is 1.73. The van der Waals surface area contributed by atoms with Crippen LogP contribution in [0.3, 0.4) is 0 Å². The average molecular weight is 313 g/mol. The molecule has 5 nitrogen and oxygen atoms in total. The van der Waals surface area contributed by atoms with Crippen LogP contribution in [0.2, 0.25) is 0 Å². The molecule has 2 aromatic rings. The second-order valence-electron chi connectivity index (χ2n) is 6.10. The van der Waals surface area contributed by atoms with Gasteiger partial charge in [0.25, 0.3) is 5.91 Å². The minimum absolute atomic E-state index is 0.0345. The highest BCUT2D eigenvalue weighted by Crippen LogP contribution is 2.26. The molecule has 0 unspecified atom stereocenters. The van der Waals surface area contributed by atoms with E-state index in [0.717, 1.165) is 30.5 Å². The van der Waals surface area contributed by atoms with Gasteiger partial charge in [0.1, 0.15) is 0 Å². The maximum Gasteiger partial charge on any atom is 0.256 e. The van der Waals surface area contributed by atoms with Crippen LogP contribution in [0.1, 0.15) is 36.1 Å². The van der Waals surface area contributed by atoms with Crippen molar-refractivity contribution in [2.45, 2.75) is 31.9 Å². The van der Waals surface area contributed by atoms with Gasteiger partial charge in [0.2, 0.25) is 0 Å². The van der Waals surface area contributed by atoms with Crippen LogP contribution in [-0.2, 0) is 9.53 Å². The van der Waals surface area contributed by atoms with Crippen molar-refractivity contribution in [2.75, 3.05) is 20.2 Å². The predicted octanol–water partition coefficient (Wildman–Crippen LogP) is 2.74. The minimum atomic E-state index is -0.533. The molecule has 1 aliphatic heterocycles. The van der Waals surface area contributed by atoms with Gasteiger partial charge in [0, 0.05) is 26.4 Å². The van der Waals surface area contributed by atoms with Crippen molar-refractivity contribution in [1.29, 1.82) is 0 Å². The van der Waals surface area contributed by atoms with Crippen LogP contribution < -0.4 is 0 Å². The SMILES string of the molecule is CO[C@@H](C(=O)N1CCC[C@@H](n2cc(C)cn2)C1)c1ccccc1. The molecular weight excluding hydrogens is 290 g/mol. The van der Waals surface area contributed by atoms with Crippen molar-refractivity contribution in [3.05, 3.63) is 53.9 Å². The third kappa shape index (κ3) is 3.45. The van der Waals surface area contributed by atoms with Gasteiger partial charge >= 0.3 is 0 Å². The first kappa shape index (κ1) is 15.7. The summed E-state index contributed by atoms with van der Waals surface area (Å²) in [6, 6.07) is 9.92. The number of methoxy groups -OCH3 is 1. The van der Waals surface area contributed by atoms with Gasteiger partial charge in [-0.15, -0.1) is 0 Å². The lowest BCUT2D eigenvalue weighted by atomic mass is 10.0. The van der Waals surface area contributed by atoms with E-state index in [9.17, 15) is 4.79 Å². The van der Waals surface area contributed by atoms with Crippen LogP contribution in [0.25, 0.3) is 0 Å². The predicted molar refractivity (Wildman–Crippen MR) is 88.0 cm³/mol. The highest BCUT2D eigenvalue weighted by atomic mass is 16.5. The van der Waals surface area contributed by atoms with Crippen molar-refractivity contribution in [3.8, 4) is 0 Å². The molecule has 2 heterocycles. The number of amides is 1. The summed E-state index contributed by atoms with van der Waals surface area (Å²) in [6.45, 7) is 3.50. The number of nitrogens with zero attached hydrogens (tertiary/aromatic N) is 3. The van der Waals surface area contributed by atoms with Crippen molar-refractivity contribution in [2.24, 2.45) is 0 Å². The average Bonchev–Trinajstić information content (AvgIpc) is 3.03. The summed E-state index contributed by atoms with van der Waals surface area (Å²) in [4.78, 5) is 14.8. The molecule has 3 rings (SSSR count). The Labute approximate surface area is 136 Å². The molecule has 0 radical (unpaired) electrons. The quantitative estimate of drug-likeness (QED) is 0.872. The maximum absolute atomic E-state index is 12.9. The number of aryl methyl sites for hydroxylation is 1. The molecule has 0 aliphatic carbocycles. The normalized spacial score (nSPS) is 19.6. The topological polar surface area (TPSA) is 47.4 Å². The number of aromatic nitrogens is 2. The standard InChI is InChI=1S/C18H23N3O2/c1-14-11-19-21(12-14)16-9-6-10-20(13-16)18(22)17(23-2)15-7-4-3-5-8-15/h3-5,7-8,11-12,16-17H,6,9-10,13H2,1-2H3/t16-,17-/m1/s1. The molecular formula is C18H23N3O2. The number of hydrogen-bond acceptors (Lipinski definition) is 3. The lowest BCUT2D eigenvalue weighted by Crippen LogP contribution is -2.43. The van der Waals surface area contributed by atoms with E-state index in [0.29, 0.717) is 6.54 Å². The molecule has 1 amide bonds. The van der Waals surface area contributed by atoms with E-state index in [2.05, 4.69) is 5.10 Å². The van der Waals surface area contributed by atoms with Gasteiger partial charge in [0.15, 0.2) is 6.10 Å². The second kappa shape index (κ2) is 6.96. The van der Waals surface area contributed by atoms with Crippen LogP contribution in [0.15, 0.2) is 42.7 Å². The zero-order valence-corrected chi connectivity index (χ0v) is 13.7. The summed E-state index contributed by atoms with van der Waals surface area (Å²) in [5.74, 6) is 0.0345. The lowest BCUT2D eigenvalue weighted by Gasteiger charge is -2.34. The summed E-state index contributed by atoms with van der Waals surface area (Å²) in [7, 11) is 1.59. The first-order valence-corrected chi connectivity index (χ1v) is 8.06. The van der Waals surface area contributed by atoms with E-state index in [-0.39, 0.29) is 11.9 Å². The zero-order chi connectivity index (χ0) is 16.2. The number of ether oxygens (including phenoxy) is 1. The van der Waals surface area contributed by atoms with Crippen molar-refractivity contribution in [1.82, 2.24) is 14.7 Å². The smallest absolute Gasteiger partial charge is 0.256 e. The largest absolute Gasteiger partial charge is 0.367 e.